The van der Waals surface area contributed by atoms with E-state index in [2.05, 4.69) is 242 Å². The second-order valence-corrected chi connectivity index (χ2v) is 37.5. The summed E-state index contributed by atoms with van der Waals surface area (Å²) in [4.78, 5) is 5.70. The van der Waals surface area contributed by atoms with Crippen LogP contribution in [0.25, 0.3) is 11.4 Å². The normalized spacial score (nSPS) is 13.0. The lowest BCUT2D eigenvalue weighted by atomic mass is 9.92. The summed E-state index contributed by atoms with van der Waals surface area (Å²) >= 11 is 0. The molecule has 0 spiro atoms. The van der Waals surface area contributed by atoms with Crippen molar-refractivity contribution in [3.05, 3.63) is 136 Å². The van der Waals surface area contributed by atoms with E-state index in [1.165, 1.54) is 67.4 Å². The number of benzene rings is 4. The second-order valence-electron chi connectivity index (χ2n) is 22.1. The van der Waals surface area contributed by atoms with Crippen molar-refractivity contribution >= 4 is 33.1 Å². The van der Waals surface area contributed by atoms with Gasteiger partial charge in [0.05, 0.1) is 19.6 Å². The van der Waals surface area contributed by atoms with E-state index in [9.17, 15) is 0 Å². The van der Waals surface area contributed by atoms with Gasteiger partial charge in [-0.3, -0.25) is 0 Å². The molecule has 0 saturated carbocycles. The van der Waals surface area contributed by atoms with Gasteiger partial charge in [0.25, 0.3) is 5.82 Å². The number of imidazole rings is 1. The number of para-hydroxylation sites is 4. The van der Waals surface area contributed by atoms with Gasteiger partial charge in [0.15, 0.2) is 0 Å². The maximum atomic E-state index is 5.70. The number of anilines is 1. The number of hydrogen-bond donors (Lipinski definition) is 0. The molecular weight excluding hydrogens is 797 g/mol. The Kier molecular flexibility index (Phi) is 15.9. The van der Waals surface area contributed by atoms with Crippen LogP contribution in [0.5, 0.6) is 0 Å². The topological polar surface area (TPSA) is 24.4 Å². The second kappa shape index (κ2) is 20.0. The Morgan fingerprint density at radius 2 is 0.857 bits per heavy atom. The monoisotopic (exact) mass is 882 g/mol. The van der Waals surface area contributed by atoms with Crippen LogP contribution in [0.15, 0.2) is 90.2 Å². The Morgan fingerprint density at radius 1 is 0.508 bits per heavy atom. The minimum absolute atomic E-state index is 0.363. The fraction of sp³-hybridized carbons (Fsp3) is 0.509. The highest BCUT2D eigenvalue weighted by Gasteiger charge is 2.50. The molecule has 0 aliphatic heterocycles. The molecule has 5 rings (SSSR count). The summed E-state index contributed by atoms with van der Waals surface area (Å²) in [5.74, 6) is 4.37. The van der Waals surface area contributed by atoms with E-state index in [1.807, 2.05) is 0 Å². The zero-order valence-electron chi connectivity index (χ0n) is 43.3. The third kappa shape index (κ3) is 10.1. The number of aliphatic imine (C=N–C) groups is 1. The van der Waals surface area contributed by atoms with E-state index in [0.29, 0.717) is 47.3 Å². The zero-order valence-corrected chi connectivity index (χ0v) is 45.3. The van der Waals surface area contributed by atoms with Gasteiger partial charge < -0.3 is 4.57 Å². The predicted octanol–water partition coefficient (Wildman–Crippen LogP) is 16.7. The van der Waals surface area contributed by atoms with E-state index in [4.69, 9.17) is 4.99 Å². The number of rotatable bonds is 17. The third-order valence-electron chi connectivity index (χ3n) is 14.2. The molecule has 0 aliphatic rings. The summed E-state index contributed by atoms with van der Waals surface area (Å²) in [6, 6.07) is 29.0. The maximum Gasteiger partial charge on any atom is 0.263 e. The van der Waals surface area contributed by atoms with Gasteiger partial charge in [-0.15, -0.1) is 0 Å². The van der Waals surface area contributed by atoms with Gasteiger partial charge >= 0.3 is 0 Å². The van der Waals surface area contributed by atoms with Gasteiger partial charge in [0, 0.05) is 34.0 Å². The fourth-order valence-electron chi connectivity index (χ4n) is 9.56. The summed E-state index contributed by atoms with van der Waals surface area (Å²) in [6.45, 7) is 48.3. The van der Waals surface area contributed by atoms with Gasteiger partial charge in [0.2, 0.25) is 0 Å². The van der Waals surface area contributed by atoms with Crippen LogP contribution in [0.4, 0.5) is 11.4 Å². The van der Waals surface area contributed by atoms with E-state index in [1.54, 1.807) is 0 Å². The standard InChI is InChI=1S/C57H85N4Si2/c1-37(2)45-25-21-26-46(38(3)4)54(45)58-36-61(57-51(43(13)14)31-24-32-52(57)44(15)16)63(19,20)62(17,18)35-53-59(55-47(39(5)6)27-22-28-48(55)40(7)8)33-34-60(53)56-49(41(9)10)29-23-30-50(56)42(11)12/h21-34,36-44H,35H2,1-20H3/q+1. The van der Waals surface area contributed by atoms with Gasteiger partial charge in [-0.2, -0.15) is 9.13 Å². The molecule has 0 N–H and O–H groups in total. The fourth-order valence-corrected chi connectivity index (χ4v) is 17.2. The third-order valence-corrected chi connectivity index (χ3v) is 31.4. The molecule has 0 unspecified atom stereocenters. The average molecular weight is 883 g/mol. The van der Waals surface area contributed by atoms with Crippen molar-refractivity contribution in [3.63, 3.8) is 0 Å². The summed E-state index contributed by atoms with van der Waals surface area (Å²) in [7, 11) is -4.73. The quantitative estimate of drug-likeness (QED) is 0.0395. The molecule has 0 amide bonds. The van der Waals surface area contributed by atoms with Crippen LogP contribution in [0.1, 0.15) is 208 Å². The van der Waals surface area contributed by atoms with Crippen LogP contribution in [0.2, 0.25) is 26.2 Å². The first-order chi connectivity index (χ1) is 29.4. The summed E-state index contributed by atoms with van der Waals surface area (Å²) in [6.07, 6.45) is 7.14. The number of nitrogens with zero attached hydrogens (tertiary/aromatic N) is 4. The molecule has 1 heterocycles. The Balaban J connectivity index is 1.90. The summed E-state index contributed by atoms with van der Waals surface area (Å²) < 4.78 is 8.07. The molecule has 0 aliphatic carbocycles. The molecule has 0 saturated heterocycles. The van der Waals surface area contributed by atoms with Crippen LogP contribution in [0.3, 0.4) is 0 Å². The Bertz CT molecular complexity index is 2180. The predicted molar refractivity (Wildman–Crippen MR) is 282 cm³/mol. The molecule has 0 atom stereocenters. The van der Waals surface area contributed by atoms with E-state index < -0.39 is 15.3 Å². The summed E-state index contributed by atoms with van der Waals surface area (Å²) in [5, 5.41) is 0. The first-order valence-electron chi connectivity index (χ1n) is 24.4. The van der Waals surface area contributed by atoms with Crippen molar-refractivity contribution < 1.29 is 4.57 Å². The highest BCUT2D eigenvalue weighted by molar-refractivity contribution is 7.42. The highest BCUT2D eigenvalue weighted by Crippen LogP contribution is 2.42. The average Bonchev–Trinajstić information content (AvgIpc) is 3.61. The van der Waals surface area contributed by atoms with Crippen molar-refractivity contribution in [2.75, 3.05) is 4.57 Å². The maximum absolute atomic E-state index is 5.70. The lowest BCUT2D eigenvalue weighted by molar-refractivity contribution is -0.603. The van der Waals surface area contributed by atoms with Crippen LogP contribution < -0.4 is 9.13 Å². The molecule has 340 valence electrons. The Labute approximate surface area is 387 Å². The van der Waals surface area contributed by atoms with E-state index in [0.717, 1.165) is 11.7 Å². The van der Waals surface area contributed by atoms with Crippen molar-refractivity contribution in [2.45, 2.75) is 190 Å². The van der Waals surface area contributed by atoms with Crippen LogP contribution in [-0.4, -0.2) is 26.3 Å². The molecule has 1 aromatic heterocycles. The van der Waals surface area contributed by atoms with Crippen molar-refractivity contribution in [2.24, 2.45) is 4.99 Å². The molecule has 0 fully saturated rings. The van der Waals surface area contributed by atoms with E-state index >= 15 is 0 Å². The number of aromatic nitrogens is 2. The van der Waals surface area contributed by atoms with Crippen LogP contribution >= 0.6 is 0 Å². The Morgan fingerprint density at radius 3 is 1.24 bits per heavy atom. The summed E-state index contributed by atoms with van der Waals surface area (Å²) in [5.41, 5.74) is 16.4. The van der Waals surface area contributed by atoms with Gasteiger partial charge in [-0.25, -0.2) is 4.99 Å². The van der Waals surface area contributed by atoms with Crippen molar-refractivity contribution in [1.29, 1.82) is 0 Å². The lowest BCUT2D eigenvalue weighted by Crippen LogP contribution is -2.68. The molecule has 0 radical (unpaired) electrons. The molecule has 0 bridgehead atoms. The van der Waals surface area contributed by atoms with Gasteiger partial charge in [0.1, 0.15) is 31.5 Å². The van der Waals surface area contributed by atoms with Crippen LogP contribution in [-0.2, 0) is 6.04 Å². The first kappa shape index (κ1) is 50.0. The van der Waals surface area contributed by atoms with Crippen molar-refractivity contribution in [3.8, 4) is 11.4 Å². The minimum Gasteiger partial charge on any atom is -0.362 e. The first-order valence-corrected chi connectivity index (χ1v) is 31.6. The highest BCUT2D eigenvalue weighted by atomic mass is 29.3. The lowest BCUT2D eigenvalue weighted by Gasteiger charge is -2.47. The molecular formula is C57H85N4Si2+. The largest absolute Gasteiger partial charge is 0.362 e. The van der Waals surface area contributed by atoms with Crippen molar-refractivity contribution in [1.82, 2.24) is 4.57 Å². The van der Waals surface area contributed by atoms with Crippen LogP contribution in [0, 0.1) is 0 Å². The zero-order chi connectivity index (χ0) is 46.9. The molecule has 63 heavy (non-hydrogen) atoms. The van der Waals surface area contributed by atoms with Gasteiger partial charge in [-0.05, 0) is 69.6 Å². The molecule has 6 heteroatoms. The molecule has 5 aromatic rings. The molecule has 4 nitrogen and oxygen atoms in total. The minimum atomic E-state index is -2.45. The smallest absolute Gasteiger partial charge is 0.263 e. The number of hydrogen-bond acceptors (Lipinski definition) is 1. The Hall–Kier alpha value is -4.01. The van der Waals surface area contributed by atoms with E-state index in [-0.39, 0.29) is 0 Å². The molecule has 4 aromatic carbocycles. The SMILES string of the molecule is CC(C)c1cccc(C(C)C)c1N=CN(c1c(C(C)C)cccc1C(C)C)[Si](C)(C)[Si](C)(C)Cc1n(-c2c(C(C)C)cccc2C(C)C)cc[n+]1-c1c(C(C)C)cccc1C(C)C. The van der Waals surface area contributed by atoms with Gasteiger partial charge in [-0.1, -0.05) is 210 Å².